The smallest absolute Gasteiger partial charge is 0.338 e. The van der Waals surface area contributed by atoms with Gasteiger partial charge in [0.2, 0.25) is 10.0 Å². The van der Waals surface area contributed by atoms with Crippen LogP contribution >= 0.6 is 0 Å². The minimum Gasteiger partial charge on any atom is -0.462 e. The number of nitrogens with two attached hydrogens (primary N) is 1. The molecule has 21 heavy (non-hydrogen) atoms. The molecule has 1 aliphatic rings. The van der Waals surface area contributed by atoms with Crippen molar-refractivity contribution in [3.05, 3.63) is 29.8 Å². The number of hydrogen-bond donors (Lipinski definition) is 1. The highest BCUT2D eigenvalue weighted by molar-refractivity contribution is 7.89. The lowest BCUT2D eigenvalue weighted by molar-refractivity contribution is 0.0526. The summed E-state index contributed by atoms with van der Waals surface area (Å²) < 4.78 is 31.4. The summed E-state index contributed by atoms with van der Waals surface area (Å²) in [6.45, 7) is 4.23. The molecule has 7 heteroatoms. The lowest BCUT2D eigenvalue weighted by atomic mass is 10.2. The monoisotopic (exact) mass is 312 g/mol. The summed E-state index contributed by atoms with van der Waals surface area (Å²) in [4.78, 5) is 11.7. The van der Waals surface area contributed by atoms with Crippen LogP contribution in [0.1, 0.15) is 30.6 Å². The molecule has 0 amide bonds. The van der Waals surface area contributed by atoms with Crippen molar-refractivity contribution in [2.45, 2.75) is 37.2 Å². The van der Waals surface area contributed by atoms with Crippen LogP contribution in [0.15, 0.2) is 29.2 Å². The molecule has 1 aliphatic heterocycles. The standard InChI is InChI=1S/C14H20N2O4S/c1-3-20-14(17)11-4-6-12(7-5-11)21(18,19)16-9-8-13(15)10(16)2/h4-7,10,13H,3,8-9,15H2,1-2H3. The first-order chi connectivity index (χ1) is 9.87. The summed E-state index contributed by atoms with van der Waals surface area (Å²) in [6.07, 6.45) is 0.654. The molecular weight excluding hydrogens is 292 g/mol. The second-order valence-electron chi connectivity index (χ2n) is 5.05. The van der Waals surface area contributed by atoms with Gasteiger partial charge in [-0.15, -0.1) is 0 Å². The summed E-state index contributed by atoms with van der Waals surface area (Å²) >= 11 is 0. The molecule has 2 rings (SSSR count). The van der Waals surface area contributed by atoms with Crippen LogP contribution in [0, 0.1) is 0 Å². The van der Waals surface area contributed by atoms with Gasteiger partial charge in [0.15, 0.2) is 0 Å². The van der Waals surface area contributed by atoms with Gasteiger partial charge in [-0.2, -0.15) is 4.31 Å². The van der Waals surface area contributed by atoms with Crippen molar-refractivity contribution in [3.63, 3.8) is 0 Å². The Balaban J connectivity index is 2.24. The Kier molecular flexibility index (Phi) is 4.65. The zero-order chi connectivity index (χ0) is 15.6. The van der Waals surface area contributed by atoms with E-state index < -0.39 is 16.0 Å². The molecule has 2 N–H and O–H groups in total. The summed E-state index contributed by atoms with van der Waals surface area (Å²) in [5.74, 6) is -0.460. The Morgan fingerprint density at radius 2 is 2.00 bits per heavy atom. The summed E-state index contributed by atoms with van der Waals surface area (Å²) in [5.41, 5.74) is 6.21. The number of benzene rings is 1. The highest BCUT2D eigenvalue weighted by Gasteiger charge is 2.37. The predicted octanol–water partition coefficient (Wildman–Crippen LogP) is 0.974. The maximum Gasteiger partial charge on any atom is 0.338 e. The molecule has 0 aromatic heterocycles. The van der Waals surface area contributed by atoms with E-state index in [4.69, 9.17) is 10.5 Å². The number of carbonyl (C=O) groups is 1. The number of esters is 1. The zero-order valence-electron chi connectivity index (χ0n) is 12.2. The second kappa shape index (κ2) is 6.13. The van der Waals surface area contributed by atoms with Crippen LogP contribution < -0.4 is 5.73 Å². The third-order valence-corrected chi connectivity index (χ3v) is 5.73. The Bertz CT molecular complexity index is 612. The van der Waals surface area contributed by atoms with Crippen molar-refractivity contribution >= 4 is 16.0 Å². The van der Waals surface area contributed by atoms with Crippen molar-refractivity contribution in [1.82, 2.24) is 4.31 Å². The van der Waals surface area contributed by atoms with Crippen molar-refractivity contribution in [2.75, 3.05) is 13.2 Å². The van der Waals surface area contributed by atoms with Gasteiger partial charge in [-0.05, 0) is 44.5 Å². The van der Waals surface area contributed by atoms with Crippen molar-refractivity contribution < 1.29 is 17.9 Å². The fourth-order valence-corrected chi connectivity index (χ4v) is 4.08. The van der Waals surface area contributed by atoms with Crippen LogP contribution in [0.5, 0.6) is 0 Å². The molecule has 1 fully saturated rings. The van der Waals surface area contributed by atoms with Gasteiger partial charge >= 0.3 is 5.97 Å². The van der Waals surface area contributed by atoms with E-state index >= 15 is 0 Å². The number of sulfonamides is 1. The molecule has 0 saturated carbocycles. The van der Waals surface area contributed by atoms with Gasteiger partial charge in [-0.3, -0.25) is 0 Å². The topological polar surface area (TPSA) is 89.7 Å². The molecule has 1 heterocycles. The molecule has 116 valence electrons. The molecule has 1 saturated heterocycles. The lowest BCUT2D eigenvalue weighted by Crippen LogP contribution is -2.40. The number of carbonyl (C=O) groups excluding carboxylic acids is 1. The minimum absolute atomic E-state index is 0.140. The molecule has 6 nitrogen and oxygen atoms in total. The van der Waals surface area contributed by atoms with Crippen molar-refractivity contribution in [1.29, 1.82) is 0 Å². The van der Waals surface area contributed by atoms with E-state index in [1.165, 1.54) is 28.6 Å². The van der Waals surface area contributed by atoms with Crippen molar-refractivity contribution in [2.24, 2.45) is 5.73 Å². The number of rotatable bonds is 4. The quantitative estimate of drug-likeness (QED) is 0.837. The van der Waals surface area contributed by atoms with Crippen LogP contribution in [0.3, 0.4) is 0 Å². The summed E-state index contributed by atoms with van der Waals surface area (Å²) in [7, 11) is -3.57. The SMILES string of the molecule is CCOC(=O)c1ccc(S(=O)(=O)N2CCC(N)C2C)cc1. The van der Waals surface area contributed by atoms with E-state index in [0.29, 0.717) is 18.5 Å². The lowest BCUT2D eigenvalue weighted by Gasteiger charge is -2.22. The van der Waals surface area contributed by atoms with Gasteiger partial charge in [-0.1, -0.05) is 0 Å². The Morgan fingerprint density at radius 1 is 1.38 bits per heavy atom. The molecular formula is C14H20N2O4S. The van der Waals surface area contributed by atoms with E-state index in [1.807, 2.05) is 6.92 Å². The van der Waals surface area contributed by atoms with Gasteiger partial charge in [0, 0.05) is 18.6 Å². The van der Waals surface area contributed by atoms with Gasteiger partial charge in [0.1, 0.15) is 0 Å². The fourth-order valence-electron chi connectivity index (χ4n) is 2.39. The fraction of sp³-hybridized carbons (Fsp3) is 0.500. The third-order valence-electron chi connectivity index (χ3n) is 3.73. The molecule has 0 radical (unpaired) electrons. The third kappa shape index (κ3) is 3.09. The first-order valence-corrected chi connectivity index (χ1v) is 8.36. The number of nitrogens with zero attached hydrogens (tertiary/aromatic N) is 1. The van der Waals surface area contributed by atoms with Gasteiger partial charge < -0.3 is 10.5 Å². The number of ether oxygens (including phenoxy) is 1. The Morgan fingerprint density at radius 3 is 2.48 bits per heavy atom. The first-order valence-electron chi connectivity index (χ1n) is 6.92. The van der Waals surface area contributed by atoms with Crippen LogP contribution in [-0.4, -0.2) is 43.9 Å². The van der Waals surface area contributed by atoms with E-state index in [0.717, 1.165) is 0 Å². The maximum absolute atomic E-state index is 12.6. The average molecular weight is 312 g/mol. The molecule has 0 spiro atoms. The Hall–Kier alpha value is -1.44. The van der Waals surface area contributed by atoms with E-state index in [2.05, 4.69) is 0 Å². The minimum atomic E-state index is -3.57. The van der Waals surface area contributed by atoms with Crippen molar-refractivity contribution in [3.8, 4) is 0 Å². The maximum atomic E-state index is 12.6. The summed E-state index contributed by atoms with van der Waals surface area (Å²) in [6, 6.07) is 5.42. The largest absolute Gasteiger partial charge is 0.462 e. The second-order valence-corrected chi connectivity index (χ2v) is 6.94. The van der Waals surface area contributed by atoms with Gasteiger partial charge in [0.05, 0.1) is 17.1 Å². The Labute approximate surface area is 124 Å². The summed E-state index contributed by atoms with van der Waals surface area (Å²) in [5, 5.41) is 0. The first kappa shape index (κ1) is 15.9. The number of hydrogen-bond acceptors (Lipinski definition) is 5. The molecule has 1 aromatic carbocycles. The molecule has 0 bridgehead atoms. The average Bonchev–Trinajstić information content (AvgIpc) is 2.80. The zero-order valence-corrected chi connectivity index (χ0v) is 13.0. The van der Waals surface area contributed by atoms with Crippen LogP contribution in [0.2, 0.25) is 0 Å². The molecule has 2 atom stereocenters. The highest BCUT2D eigenvalue weighted by Crippen LogP contribution is 2.25. The van der Waals surface area contributed by atoms with Gasteiger partial charge in [0.25, 0.3) is 0 Å². The predicted molar refractivity (Wildman–Crippen MR) is 78.3 cm³/mol. The van der Waals surface area contributed by atoms with E-state index in [1.54, 1.807) is 6.92 Å². The molecule has 0 aliphatic carbocycles. The van der Waals surface area contributed by atoms with Crippen LogP contribution in [0.25, 0.3) is 0 Å². The van der Waals surface area contributed by atoms with Crippen LogP contribution in [0.4, 0.5) is 0 Å². The van der Waals surface area contributed by atoms with E-state index in [9.17, 15) is 13.2 Å². The van der Waals surface area contributed by atoms with E-state index in [-0.39, 0.29) is 23.6 Å². The van der Waals surface area contributed by atoms with Crippen LogP contribution in [-0.2, 0) is 14.8 Å². The normalized spacial score (nSPS) is 23.2. The molecule has 1 aromatic rings. The van der Waals surface area contributed by atoms with Gasteiger partial charge in [-0.25, -0.2) is 13.2 Å². The molecule has 2 unspecified atom stereocenters. The highest BCUT2D eigenvalue weighted by atomic mass is 32.2.